The maximum atomic E-state index is 6.17. The van der Waals surface area contributed by atoms with Crippen LogP contribution in [0.1, 0.15) is 66.5 Å². The standard InChI is InChI=1S/C17H29NOSi/c1-15(2,3)12-9-13(11-14(18)10-12)17(7,8)19-20-16(4,5)6/h9-11H,18H2,1-8H3. The molecule has 0 saturated heterocycles. The summed E-state index contributed by atoms with van der Waals surface area (Å²) in [5.41, 5.74) is 9.07. The van der Waals surface area contributed by atoms with Gasteiger partial charge in [0.1, 0.15) is 0 Å². The van der Waals surface area contributed by atoms with Gasteiger partial charge in [-0.15, -0.1) is 0 Å². The summed E-state index contributed by atoms with van der Waals surface area (Å²) in [5.74, 6) is 0. The third kappa shape index (κ3) is 4.95. The van der Waals surface area contributed by atoms with Gasteiger partial charge in [-0.1, -0.05) is 47.6 Å². The summed E-state index contributed by atoms with van der Waals surface area (Å²) in [6, 6.07) is 6.32. The molecule has 2 radical (unpaired) electrons. The van der Waals surface area contributed by atoms with Crippen LogP contribution in [0.2, 0.25) is 5.04 Å². The van der Waals surface area contributed by atoms with E-state index in [4.69, 9.17) is 10.2 Å². The molecule has 20 heavy (non-hydrogen) atoms. The number of anilines is 1. The Hall–Kier alpha value is -0.803. The van der Waals surface area contributed by atoms with Gasteiger partial charge in [-0.3, -0.25) is 0 Å². The van der Waals surface area contributed by atoms with E-state index < -0.39 is 0 Å². The SMILES string of the molecule is CC(C)(C)[Si]OC(C)(C)c1cc(N)cc(C(C)(C)C)c1. The second kappa shape index (κ2) is 5.53. The van der Waals surface area contributed by atoms with Crippen molar-refractivity contribution in [1.29, 1.82) is 0 Å². The molecule has 0 aromatic heterocycles. The van der Waals surface area contributed by atoms with Crippen molar-refractivity contribution in [3.05, 3.63) is 29.3 Å². The van der Waals surface area contributed by atoms with Crippen molar-refractivity contribution >= 4 is 15.5 Å². The van der Waals surface area contributed by atoms with Crippen LogP contribution in [0.3, 0.4) is 0 Å². The summed E-state index contributed by atoms with van der Waals surface area (Å²) < 4.78 is 6.17. The number of hydrogen-bond acceptors (Lipinski definition) is 2. The molecular formula is C17H29NOSi. The van der Waals surface area contributed by atoms with Gasteiger partial charge in [0.05, 0.1) is 5.60 Å². The van der Waals surface area contributed by atoms with Gasteiger partial charge in [-0.25, -0.2) is 0 Å². The van der Waals surface area contributed by atoms with E-state index in [-0.39, 0.29) is 16.1 Å². The molecule has 0 aliphatic rings. The highest BCUT2D eigenvalue weighted by Crippen LogP contribution is 2.33. The summed E-state index contributed by atoms with van der Waals surface area (Å²) in [6.45, 7) is 17.4. The zero-order valence-electron chi connectivity index (χ0n) is 14.2. The molecule has 0 heterocycles. The van der Waals surface area contributed by atoms with Crippen LogP contribution in [-0.4, -0.2) is 9.76 Å². The lowest BCUT2D eigenvalue weighted by atomic mass is 9.83. The summed E-state index contributed by atoms with van der Waals surface area (Å²) >= 11 is 0. The predicted molar refractivity (Wildman–Crippen MR) is 89.1 cm³/mol. The largest absolute Gasteiger partial charge is 0.408 e. The Bertz CT molecular complexity index is 467. The Kier molecular flexibility index (Phi) is 4.77. The molecule has 0 atom stereocenters. The molecule has 0 aliphatic carbocycles. The Labute approximate surface area is 127 Å². The summed E-state index contributed by atoms with van der Waals surface area (Å²) in [4.78, 5) is 0. The topological polar surface area (TPSA) is 35.2 Å². The lowest BCUT2D eigenvalue weighted by Gasteiger charge is -2.31. The van der Waals surface area contributed by atoms with Crippen LogP contribution in [-0.2, 0) is 15.4 Å². The molecule has 1 rings (SSSR count). The van der Waals surface area contributed by atoms with Crippen molar-refractivity contribution in [2.45, 2.75) is 71.4 Å². The van der Waals surface area contributed by atoms with Gasteiger partial charge in [0.25, 0.3) is 0 Å². The summed E-state index contributed by atoms with van der Waals surface area (Å²) in [6.07, 6.45) is 0. The van der Waals surface area contributed by atoms with E-state index in [1.807, 2.05) is 6.07 Å². The Morgan fingerprint density at radius 1 is 0.850 bits per heavy atom. The summed E-state index contributed by atoms with van der Waals surface area (Å²) in [5, 5.41) is 0.185. The number of rotatable bonds is 3. The molecule has 0 bridgehead atoms. The van der Waals surface area contributed by atoms with Crippen molar-refractivity contribution in [3.63, 3.8) is 0 Å². The molecular weight excluding hydrogens is 262 g/mol. The van der Waals surface area contributed by atoms with Crippen molar-refractivity contribution in [1.82, 2.24) is 0 Å². The lowest BCUT2D eigenvalue weighted by molar-refractivity contribution is 0.109. The second-order valence-corrected chi connectivity index (χ2v) is 9.97. The van der Waals surface area contributed by atoms with Crippen molar-refractivity contribution in [3.8, 4) is 0 Å². The van der Waals surface area contributed by atoms with Gasteiger partial charge in [-0.2, -0.15) is 0 Å². The fourth-order valence-electron chi connectivity index (χ4n) is 1.77. The van der Waals surface area contributed by atoms with Gasteiger partial charge in [-0.05, 0) is 47.6 Å². The molecule has 3 heteroatoms. The van der Waals surface area contributed by atoms with Gasteiger partial charge >= 0.3 is 0 Å². The molecule has 2 nitrogen and oxygen atoms in total. The average molecular weight is 292 g/mol. The van der Waals surface area contributed by atoms with Gasteiger partial charge < -0.3 is 10.2 Å². The van der Waals surface area contributed by atoms with E-state index >= 15 is 0 Å². The lowest BCUT2D eigenvalue weighted by Crippen LogP contribution is -2.28. The maximum absolute atomic E-state index is 6.17. The van der Waals surface area contributed by atoms with E-state index in [0.717, 1.165) is 11.3 Å². The van der Waals surface area contributed by atoms with E-state index in [9.17, 15) is 0 Å². The minimum atomic E-state index is -0.318. The molecule has 0 unspecified atom stereocenters. The molecule has 0 aliphatic heterocycles. The first-order chi connectivity index (χ1) is 8.81. The van der Waals surface area contributed by atoms with Gasteiger partial charge in [0, 0.05) is 5.69 Å². The van der Waals surface area contributed by atoms with E-state index in [1.54, 1.807) is 0 Å². The number of nitrogens with two attached hydrogens (primary N) is 1. The first kappa shape index (κ1) is 17.2. The van der Waals surface area contributed by atoms with E-state index in [0.29, 0.717) is 9.76 Å². The molecule has 1 aromatic rings. The highest BCUT2D eigenvalue weighted by Gasteiger charge is 2.27. The van der Waals surface area contributed by atoms with Crippen LogP contribution in [0.15, 0.2) is 18.2 Å². The maximum Gasteiger partial charge on any atom is 0.236 e. The summed E-state index contributed by atoms with van der Waals surface area (Å²) in [7, 11) is 0.458. The molecule has 0 fully saturated rings. The first-order valence-corrected chi connectivity index (χ1v) is 8.09. The fraction of sp³-hybridized carbons (Fsp3) is 0.647. The molecule has 0 spiro atoms. The zero-order valence-corrected chi connectivity index (χ0v) is 15.2. The second-order valence-electron chi connectivity index (χ2n) is 8.06. The average Bonchev–Trinajstić information content (AvgIpc) is 2.23. The van der Waals surface area contributed by atoms with Crippen molar-refractivity contribution < 1.29 is 4.43 Å². The molecule has 0 saturated carbocycles. The quantitative estimate of drug-likeness (QED) is 0.649. The number of benzene rings is 1. The minimum absolute atomic E-state index is 0.0898. The van der Waals surface area contributed by atoms with E-state index in [1.165, 1.54) is 5.56 Å². The van der Waals surface area contributed by atoms with E-state index in [2.05, 4.69) is 67.5 Å². The highest BCUT2D eigenvalue weighted by atomic mass is 28.2. The smallest absolute Gasteiger partial charge is 0.236 e. The third-order valence-electron chi connectivity index (χ3n) is 3.13. The van der Waals surface area contributed by atoms with Crippen LogP contribution >= 0.6 is 0 Å². The third-order valence-corrected chi connectivity index (χ3v) is 4.35. The Balaban J connectivity index is 3.09. The van der Waals surface area contributed by atoms with Crippen LogP contribution in [0.25, 0.3) is 0 Å². The predicted octanol–water partition coefficient (Wildman–Crippen LogP) is 4.66. The molecule has 112 valence electrons. The Morgan fingerprint density at radius 2 is 1.35 bits per heavy atom. The van der Waals surface area contributed by atoms with Gasteiger partial charge in [0.2, 0.25) is 9.76 Å². The van der Waals surface area contributed by atoms with Crippen LogP contribution in [0, 0.1) is 0 Å². The fourth-order valence-corrected chi connectivity index (χ4v) is 2.45. The number of nitrogen functional groups attached to an aromatic ring is 1. The molecule has 1 aromatic carbocycles. The van der Waals surface area contributed by atoms with Crippen LogP contribution in [0.4, 0.5) is 5.69 Å². The normalized spacial score (nSPS) is 13.6. The van der Waals surface area contributed by atoms with Gasteiger partial charge in [0.15, 0.2) is 0 Å². The zero-order chi connectivity index (χ0) is 15.8. The Morgan fingerprint density at radius 3 is 1.80 bits per heavy atom. The first-order valence-electron chi connectivity index (χ1n) is 7.18. The number of hydrogen-bond donors (Lipinski definition) is 1. The minimum Gasteiger partial charge on any atom is -0.408 e. The monoisotopic (exact) mass is 291 g/mol. The van der Waals surface area contributed by atoms with Crippen LogP contribution in [0.5, 0.6) is 0 Å². The molecule has 0 amide bonds. The highest BCUT2D eigenvalue weighted by molar-refractivity contribution is 6.31. The van der Waals surface area contributed by atoms with Crippen LogP contribution < -0.4 is 5.73 Å². The molecule has 2 N–H and O–H groups in total. The van der Waals surface area contributed by atoms with Crippen molar-refractivity contribution in [2.75, 3.05) is 5.73 Å². The van der Waals surface area contributed by atoms with Crippen molar-refractivity contribution in [2.24, 2.45) is 0 Å².